The van der Waals surface area contributed by atoms with Crippen LogP contribution in [0.4, 0.5) is 4.39 Å². The Morgan fingerprint density at radius 1 is 1.19 bits per heavy atom. The molecule has 1 N–H and O–H groups in total. The van der Waals surface area contributed by atoms with E-state index >= 15 is 0 Å². The summed E-state index contributed by atoms with van der Waals surface area (Å²) in [5, 5.41) is 3.40. The van der Waals surface area contributed by atoms with Gasteiger partial charge in [0.25, 0.3) is 0 Å². The first-order chi connectivity index (χ1) is 12.0. The van der Waals surface area contributed by atoms with Gasteiger partial charge in [0.1, 0.15) is 5.82 Å². The van der Waals surface area contributed by atoms with E-state index in [4.69, 9.17) is 4.74 Å². The number of nitrogens with one attached hydrogen (secondary N) is 1. The Hall–Kier alpha value is -0.930. The molecule has 0 saturated carbocycles. The van der Waals surface area contributed by atoms with Crippen LogP contribution in [-0.2, 0) is 4.74 Å². The molecule has 1 aromatic rings. The number of benzene rings is 1. The van der Waals surface area contributed by atoms with Gasteiger partial charge in [0, 0.05) is 53.4 Å². The standard InChI is InChI=1S/C19H31FN4O.HI/c1-15(2)14-23-9-11-24(12-10-23)19(21-3)22-13-18(25-4)16-5-7-17(20)8-6-16;/h5-8,15,18H,9-14H2,1-4H3,(H,21,22);1H. The average Bonchev–Trinajstić information content (AvgIpc) is 2.60. The minimum Gasteiger partial charge on any atom is -0.375 e. The number of ether oxygens (including phenoxy) is 1. The summed E-state index contributed by atoms with van der Waals surface area (Å²) in [6, 6.07) is 6.45. The van der Waals surface area contributed by atoms with Crippen molar-refractivity contribution in [3.63, 3.8) is 0 Å². The van der Waals surface area contributed by atoms with E-state index in [1.54, 1.807) is 19.2 Å². The molecular weight excluding hydrogens is 446 g/mol. The highest BCUT2D eigenvalue weighted by atomic mass is 127. The molecule has 1 atom stereocenters. The second-order valence-corrected chi connectivity index (χ2v) is 6.89. The van der Waals surface area contributed by atoms with Crippen LogP contribution < -0.4 is 5.32 Å². The zero-order chi connectivity index (χ0) is 18.2. The van der Waals surface area contributed by atoms with Gasteiger partial charge < -0.3 is 15.0 Å². The summed E-state index contributed by atoms with van der Waals surface area (Å²) in [4.78, 5) is 9.20. The number of hydrogen-bond donors (Lipinski definition) is 1. The summed E-state index contributed by atoms with van der Waals surface area (Å²) in [6.07, 6.45) is -0.139. The number of aliphatic imine (C=N–C) groups is 1. The van der Waals surface area contributed by atoms with Crippen LogP contribution in [0.25, 0.3) is 0 Å². The third-order valence-electron chi connectivity index (χ3n) is 4.48. The van der Waals surface area contributed by atoms with Crippen LogP contribution in [0.15, 0.2) is 29.3 Å². The maximum absolute atomic E-state index is 13.1. The topological polar surface area (TPSA) is 40.1 Å². The normalized spacial score (nSPS) is 17.2. The molecule has 2 rings (SSSR count). The minimum atomic E-state index is -0.235. The predicted molar refractivity (Wildman–Crippen MR) is 116 cm³/mol. The molecule has 1 fully saturated rings. The van der Waals surface area contributed by atoms with Crippen LogP contribution in [-0.4, -0.2) is 69.2 Å². The van der Waals surface area contributed by atoms with Crippen molar-refractivity contribution < 1.29 is 9.13 Å². The lowest BCUT2D eigenvalue weighted by molar-refractivity contribution is 0.104. The molecule has 0 radical (unpaired) electrons. The van der Waals surface area contributed by atoms with Gasteiger partial charge in [-0.25, -0.2) is 4.39 Å². The number of guanidine groups is 1. The monoisotopic (exact) mass is 478 g/mol. The number of piperazine rings is 1. The van der Waals surface area contributed by atoms with Crippen molar-refractivity contribution in [2.45, 2.75) is 20.0 Å². The smallest absolute Gasteiger partial charge is 0.193 e. The van der Waals surface area contributed by atoms with E-state index in [1.807, 2.05) is 7.05 Å². The molecule has 0 bridgehead atoms. The maximum atomic E-state index is 13.1. The minimum absolute atomic E-state index is 0. The molecule has 26 heavy (non-hydrogen) atoms. The highest BCUT2D eigenvalue weighted by Gasteiger charge is 2.21. The molecule has 148 valence electrons. The van der Waals surface area contributed by atoms with Gasteiger partial charge in [-0.15, -0.1) is 24.0 Å². The largest absolute Gasteiger partial charge is 0.375 e. The van der Waals surface area contributed by atoms with Gasteiger partial charge in [0.2, 0.25) is 0 Å². The van der Waals surface area contributed by atoms with E-state index in [2.05, 4.69) is 34.0 Å². The molecule has 0 amide bonds. The lowest BCUT2D eigenvalue weighted by atomic mass is 10.1. The molecule has 1 heterocycles. The lowest BCUT2D eigenvalue weighted by Gasteiger charge is -2.37. The van der Waals surface area contributed by atoms with Crippen molar-refractivity contribution in [2.75, 3.05) is 53.4 Å². The van der Waals surface area contributed by atoms with Gasteiger partial charge in [-0.2, -0.15) is 0 Å². The Balaban J connectivity index is 0.00000338. The molecule has 1 aromatic carbocycles. The van der Waals surface area contributed by atoms with Gasteiger partial charge in [-0.3, -0.25) is 9.89 Å². The molecule has 0 aliphatic carbocycles. The second kappa shape index (κ2) is 11.7. The summed E-state index contributed by atoms with van der Waals surface area (Å²) in [6.45, 7) is 10.3. The SMILES string of the molecule is CN=C(NCC(OC)c1ccc(F)cc1)N1CCN(CC(C)C)CC1.I. The van der Waals surface area contributed by atoms with Gasteiger partial charge in [0.05, 0.1) is 6.10 Å². The molecule has 1 aliphatic heterocycles. The quantitative estimate of drug-likeness (QED) is 0.388. The summed E-state index contributed by atoms with van der Waals surface area (Å²) >= 11 is 0. The van der Waals surface area contributed by atoms with Crippen molar-refractivity contribution in [1.29, 1.82) is 0 Å². The second-order valence-electron chi connectivity index (χ2n) is 6.89. The Kier molecular flexibility index (Phi) is 10.4. The Morgan fingerprint density at radius 2 is 1.81 bits per heavy atom. The maximum Gasteiger partial charge on any atom is 0.193 e. The van der Waals surface area contributed by atoms with Crippen LogP contribution in [0.5, 0.6) is 0 Å². The Bertz CT molecular complexity index is 545. The van der Waals surface area contributed by atoms with Crippen molar-refractivity contribution in [1.82, 2.24) is 15.1 Å². The van der Waals surface area contributed by atoms with E-state index < -0.39 is 0 Å². The van der Waals surface area contributed by atoms with Crippen LogP contribution >= 0.6 is 24.0 Å². The molecule has 0 aromatic heterocycles. The van der Waals surface area contributed by atoms with Gasteiger partial charge in [0.15, 0.2) is 5.96 Å². The molecule has 0 spiro atoms. The third kappa shape index (κ3) is 7.00. The fraction of sp³-hybridized carbons (Fsp3) is 0.632. The molecule has 1 saturated heterocycles. The van der Waals surface area contributed by atoms with Gasteiger partial charge >= 0.3 is 0 Å². The number of nitrogens with zero attached hydrogens (tertiary/aromatic N) is 3. The first kappa shape index (κ1) is 23.1. The van der Waals surface area contributed by atoms with E-state index in [-0.39, 0.29) is 35.9 Å². The summed E-state index contributed by atoms with van der Waals surface area (Å²) in [5.74, 6) is 1.36. The van der Waals surface area contributed by atoms with Gasteiger partial charge in [-0.1, -0.05) is 26.0 Å². The van der Waals surface area contributed by atoms with Gasteiger partial charge in [-0.05, 0) is 23.6 Å². The fourth-order valence-corrected chi connectivity index (χ4v) is 3.19. The third-order valence-corrected chi connectivity index (χ3v) is 4.48. The van der Waals surface area contributed by atoms with E-state index in [0.717, 1.165) is 44.2 Å². The highest BCUT2D eigenvalue weighted by molar-refractivity contribution is 14.0. The molecule has 1 unspecified atom stereocenters. The van der Waals surface area contributed by atoms with Crippen LogP contribution in [0.3, 0.4) is 0 Å². The van der Waals surface area contributed by atoms with Crippen LogP contribution in [0, 0.1) is 11.7 Å². The predicted octanol–water partition coefficient (Wildman–Crippen LogP) is 2.98. The average molecular weight is 478 g/mol. The van der Waals surface area contributed by atoms with Crippen molar-refractivity contribution >= 4 is 29.9 Å². The number of methoxy groups -OCH3 is 1. The summed E-state index contributed by atoms with van der Waals surface area (Å²) in [7, 11) is 3.48. The van der Waals surface area contributed by atoms with E-state index in [0.29, 0.717) is 12.5 Å². The summed E-state index contributed by atoms with van der Waals surface area (Å²) in [5.41, 5.74) is 0.952. The summed E-state index contributed by atoms with van der Waals surface area (Å²) < 4.78 is 18.6. The lowest BCUT2D eigenvalue weighted by Crippen LogP contribution is -2.53. The zero-order valence-electron chi connectivity index (χ0n) is 16.2. The molecule has 7 heteroatoms. The van der Waals surface area contributed by atoms with Crippen molar-refractivity contribution in [2.24, 2.45) is 10.9 Å². The molecule has 1 aliphatic rings. The van der Waals surface area contributed by atoms with E-state index in [1.165, 1.54) is 12.1 Å². The molecule has 5 nitrogen and oxygen atoms in total. The van der Waals surface area contributed by atoms with E-state index in [9.17, 15) is 4.39 Å². The van der Waals surface area contributed by atoms with Crippen LogP contribution in [0.2, 0.25) is 0 Å². The number of halogens is 2. The first-order valence-electron chi connectivity index (χ1n) is 8.99. The number of hydrogen-bond acceptors (Lipinski definition) is 3. The molecular formula is C19H32FIN4O. The van der Waals surface area contributed by atoms with Crippen molar-refractivity contribution in [3.05, 3.63) is 35.6 Å². The first-order valence-corrected chi connectivity index (χ1v) is 8.99. The van der Waals surface area contributed by atoms with Crippen LogP contribution in [0.1, 0.15) is 25.5 Å². The Morgan fingerprint density at radius 3 is 2.31 bits per heavy atom. The zero-order valence-corrected chi connectivity index (χ0v) is 18.6. The highest BCUT2D eigenvalue weighted by Crippen LogP contribution is 2.16. The number of rotatable bonds is 6. The fourth-order valence-electron chi connectivity index (χ4n) is 3.19. The Labute approximate surface area is 174 Å². The van der Waals surface area contributed by atoms with Crippen molar-refractivity contribution in [3.8, 4) is 0 Å².